The number of nitrogens with one attached hydrogen (secondary N) is 2. The van der Waals surface area contributed by atoms with Crippen LogP contribution < -0.4 is 10.6 Å². The third-order valence-electron chi connectivity index (χ3n) is 5.09. The first-order chi connectivity index (χ1) is 14.7. The highest BCUT2D eigenvalue weighted by atomic mass is 16.6. The van der Waals surface area contributed by atoms with Gasteiger partial charge in [0.1, 0.15) is 0 Å². The number of aryl methyl sites for hydroxylation is 4. The minimum absolute atomic E-state index is 0.0310. The molecule has 2 N–H and O–H groups in total. The SMILES string of the molecule is Cc1cccc(C)c1NC(=O)c1cc(C(=O)Nc2c(C)cccc2C)cc([N+](=O)[O-])c1. The second-order valence-corrected chi connectivity index (χ2v) is 7.47. The van der Waals surface area contributed by atoms with Crippen molar-refractivity contribution in [3.63, 3.8) is 0 Å². The first kappa shape index (κ1) is 21.7. The number of nitrogens with zero attached hydrogens (tertiary/aromatic N) is 1. The normalized spacial score (nSPS) is 10.5. The van der Waals surface area contributed by atoms with Crippen LogP contribution in [0.25, 0.3) is 0 Å². The monoisotopic (exact) mass is 417 g/mol. The predicted octanol–water partition coefficient (Wildman–Crippen LogP) is 5.33. The summed E-state index contributed by atoms with van der Waals surface area (Å²) >= 11 is 0. The number of hydrogen-bond acceptors (Lipinski definition) is 4. The van der Waals surface area contributed by atoms with Gasteiger partial charge in [-0.05, 0) is 56.0 Å². The number of benzene rings is 3. The summed E-state index contributed by atoms with van der Waals surface area (Å²) in [6.45, 7) is 7.44. The van der Waals surface area contributed by atoms with Crippen LogP contribution in [0, 0.1) is 37.8 Å². The number of hydrogen-bond donors (Lipinski definition) is 2. The fourth-order valence-electron chi connectivity index (χ4n) is 3.37. The summed E-state index contributed by atoms with van der Waals surface area (Å²) in [5.74, 6) is -1.05. The van der Waals surface area contributed by atoms with Gasteiger partial charge in [0.25, 0.3) is 17.5 Å². The molecule has 2 amide bonds. The van der Waals surface area contributed by atoms with Crippen molar-refractivity contribution >= 4 is 28.9 Å². The van der Waals surface area contributed by atoms with Crippen LogP contribution in [0.4, 0.5) is 17.1 Å². The van der Waals surface area contributed by atoms with Crippen molar-refractivity contribution in [1.29, 1.82) is 0 Å². The Bertz CT molecular complexity index is 1080. The molecule has 0 aliphatic carbocycles. The highest BCUT2D eigenvalue weighted by Crippen LogP contribution is 2.24. The van der Waals surface area contributed by atoms with Crippen molar-refractivity contribution in [3.05, 3.63) is 98.1 Å². The molecule has 0 aliphatic heterocycles. The molecule has 3 aromatic rings. The van der Waals surface area contributed by atoms with E-state index in [1.165, 1.54) is 18.2 Å². The zero-order valence-electron chi connectivity index (χ0n) is 17.8. The topological polar surface area (TPSA) is 101 Å². The van der Waals surface area contributed by atoms with Gasteiger partial charge < -0.3 is 10.6 Å². The number of nitro benzene ring substituents is 1. The van der Waals surface area contributed by atoms with E-state index in [1.54, 1.807) is 0 Å². The molecular formula is C24H23N3O4. The fourth-order valence-corrected chi connectivity index (χ4v) is 3.37. The number of rotatable bonds is 5. The summed E-state index contributed by atoms with van der Waals surface area (Å²) in [7, 11) is 0. The maximum atomic E-state index is 12.9. The molecule has 0 saturated carbocycles. The van der Waals surface area contributed by atoms with Gasteiger partial charge in [0.2, 0.25) is 0 Å². The molecule has 0 bridgehead atoms. The first-order valence-electron chi connectivity index (χ1n) is 9.72. The van der Waals surface area contributed by atoms with Crippen LogP contribution in [0.1, 0.15) is 43.0 Å². The summed E-state index contributed by atoms with van der Waals surface area (Å²) in [5, 5.41) is 17.0. The van der Waals surface area contributed by atoms with Crippen LogP contribution in [0.3, 0.4) is 0 Å². The zero-order chi connectivity index (χ0) is 22.7. The Hall–Kier alpha value is -4.00. The molecule has 3 aromatic carbocycles. The third-order valence-corrected chi connectivity index (χ3v) is 5.09. The highest BCUT2D eigenvalue weighted by molar-refractivity contribution is 6.10. The van der Waals surface area contributed by atoms with Crippen molar-refractivity contribution in [2.75, 3.05) is 10.6 Å². The maximum Gasteiger partial charge on any atom is 0.271 e. The fraction of sp³-hybridized carbons (Fsp3) is 0.167. The van der Waals surface area contributed by atoms with Gasteiger partial charge in [0.15, 0.2) is 0 Å². The molecule has 0 spiro atoms. The van der Waals surface area contributed by atoms with Crippen LogP contribution in [0.15, 0.2) is 54.6 Å². The Kier molecular flexibility index (Phi) is 6.15. The van der Waals surface area contributed by atoms with Gasteiger partial charge in [-0.15, -0.1) is 0 Å². The Labute approximate surface area is 180 Å². The summed E-state index contributed by atoms with van der Waals surface area (Å²) in [5.41, 5.74) is 4.48. The zero-order valence-corrected chi connectivity index (χ0v) is 17.8. The molecule has 0 unspecified atom stereocenters. The quantitative estimate of drug-likeness (QED) is 0.432. The molecular weight excluding hydrogens is 394 g/mol. The molecule has 7 heteroatoms. The van der Waals surface area contributed by atoms with Crippen molar-refractivity contribution in [2.45, 2.75) is 27.7 Å². The van der Waals surface area contributed by atoms with Gasteiger partial charge >= 0.3 is 0 Å². The number of carbonyl (C=O) groups excluding carboxylic acids is 2. The van der Waals surface area contributed by atoms with Crippen LogP contribution in [-0.4, -0.2) is 16.7 Å². The smallest absolute Gasteiger partial charge is 0.271 e. The second kappa shape index (κ2) is 8.79. The third kappa shape index (κ3) is 4.78. The average molecular weight is 417 g/mol. The molecule has 0 heterocycles. The lowest BCUT2D eigenvalue weighted by molar-refractivity contribution is -0.384. The van der Waals surface area contributed by atoms with E-state index in [0.29, 0.717) is 11.4 Å². The summed E-state index contributed by atoms with van der Waals surface area (Å²) in [6.07, 6.45) is 0. The van der Waals surface area contributed by atoms with Crippen molar-refractivity contribution < 1.29 is 14.5 Å². The lowest BCUT2D eigenvalue weighted by Gasteiger charge is -2.13. The van der Waals surface area contributed by atoms with E-state index in [2.05, 4.69) is 10.6 Å². The standard InChI is InChI=1S/C24H23N3O4/c1-14-7-5-8-15(2)21(14)25-23(28)18-11-19(13-20(12-18)27(30)31)24(29)26-22-16(3)9-6-10-17(22)4/h5-13H,1-4H3,(H,25,28)(H,26,29). The Balaban J connectivity index is 1.96. The van der Waals surface area contributed by atoms with E-state index in [4.69, 9.17) is 0 Å². The van der Waals surface area contributed by atoms with Crippen LogP contribution in [-0.2, 0) is 0 Å². The van der Waals surface area contributed by atoms with Gasteiger partial charge in [-0.3, -0.25) is 19.7 Å². The molecule has 0 radical (unpaired) electrons. The molecule has 7 nitrogen and oxygen atoms in total. The lowest BCUT2D eigenvalue weighted by atomic mass is 10.1. The molecule has 0 aliphatic rings. The Morgan fingerprint density at radius 1 is 0.710 bits per heavy atom. The number of non-ortho nitro benzene ring substituents is 1. The van der Waals surface area contributed by atoms with E-state index >= 15 is 0 Å². The number of carbonyl (C=O) groups is 2. The van der Waals surface area contributed by atoms with Crippen molar-refractivity contribution in [1.82, 2.24) is 0 Å². The largest absolute Gasteiger partial charge is 0.321 e. The van der Waals surface area contributed by atoms with E-state index < -0.39 is 16.7 Å². The average Bonchev–Trinajstić information content (AvgIpc) is 2.73. The molecule has 0 fully saturated rings. The van der Waals surface area contributed by atoms with E-state index in [1.807, 2.05) is 64.1 Å². The first-order valence-corrected chi connectivity index (χ1v) is 9.72. The van der Waals surface area contributed by atoms with Gasteiger partial charge in [-0.1, -0.05) is 36.4 Å². The number of nitro groups is 1. The van der Waals surface area contributed by atoms with Gasteiger partial charge in [0.05, 0.1) is 4.92 Å². The molecule has 0 aromatic heterocycles. The Morgan fingerprint density at radius 2 is 1.06 bits per heavy atom. The van der Waals surface area contributed by atoms with E-state index in [-0.39, 0.29) is 16.8 Å². The number of para-hydroxylation sites is 2. The van der Waals surface area contributed by atoms with E-state index in [0.717, 1.165) is 22.3 Å². The second-order valence-electron chi connectivity index (χ2n) is 7.47. The van der Waals surface area contributed by atoms with Crippen LogP contribution in [0.5, 0.6) is 0 Å². The summed E-state index contributed by atoms with van der Waals surface area (Å²) in [6, 6.07) is 14.9. The van der Waals surface area contributed by atoms with Crippen LogP contribution in [0.2, 0.25) is 0 Å². The van der Waals surface area contributed by atoms with Crippen molar-refractivity contribution in [3.8, 4) is 0 Å². The van der Waals surface area contributed by atoms with Crippen molar-refractivity contribution in [2.24, 2.45) is 0 Å². The van der Waals surface area contributed by atoms with Gasteiger partial charge in [-0.2, -0.15) is 0 Å². The lowest BCUT2D eigenvalue weighted by Crippen LogP contribution is -2.18. The van der Waals surface area contributed by atoms with E-state index in [9.17, 15) is 19.7 Å². The molecule has 0 saturated heterocycles. The minimum atomic E-state index is -0.619. The molecule has 31 heavy (non-hydrogen) atoms. The minimum Gasteiger partial charge on any atom is -0.321 e. The Morgan fingerprint density at radius 3 is 1.39 bits per heavy atom. The highest BCUT2D eigenvalue weighted by Gasteiger charge is 2.20. The summed E-state index contributed by atoms with van der Waals surface area (Å²) < 4.78 is 0. The molecule has 0 atom stereocenters. The number of anilines is 2. The summed E-state index contributed by atoms with van der Waals surface area (Å²) in [4.78, 5) is 36.5. The maximum absolute atomic E-state index is 12.9. The molecule has 3 rings (SSSR count). The van der Waals surface area contributed by atoms with Gasteiger partial charge in [0, 0.05) is 34.6 Å². The van der Waals surface area contributed by atoms with Crippen LogP contribution >= 0.6 is 0 Å². The predicted molar refractivity (Wildman–Crippen MR) is 121 cm³/mol. The van der Waals surface area contributed by atoms with Gasteiger partial charge in [-0.25, -0.2) is 0 Å². The molecule has 158 valence electrons. The number of amides is 2.